The first-order valence-corrected chi connectivity index (χ1v) is 7.53. The van der Waals surface area contributed by atoms with Gasteiger partial charge in [-0.2, -0.15) is 0 Å². The number of methoxy groups -OCH3 is 1. The van der Waals surface area contributed by atoms with E-state index in [1.54, 1.807) is 7.11 Å². The van der Waals surface area contributed by atoms with E-state index in [9.17, 15) is 0 Å². The molecule has 1 aromatic rings. The highest BCUT2D eigenvalue weighted by Gasteiger charge is 2.21. The third kappa shape index (κ3) is 4.64. The van der Waals surface area contributed by atoms with Crippen molar-refractivity contribution in [2.75, 3.05) is 7.11 Å². The van der Waals surface area contributed by atoms with Crippen LogP contribution >= 0.6 is 15.9 Å². The van der Waals surface area contributed by atoms with Crippen molar-refractivity contribution in [2.24, 2.45) is 5.41 Å². The Labute approximate surface area is 120 Å². The number of hydrogen-bond acceptors (Lipinski definition) is 1. The zero-order valence-corrected chi connectivity index (χ0v) is 13.8. The lowest BCUT2D eigenvalue weighted by Gasteiger charge is -2.25. The normalized spacial score (nSPS) is 13.4. The van der Waals surface area contributed by atoms with E-state index in [0.29, 0.717) is 10.2 Å². The second-order valence-electron chi connectivity index (χ2n) is 6.04. The van der Waals surface area contributed by atoms with Crippen molar-refractivity contribution in [3.05, 3.63) is 29.3 Å². The Morgan fingerprint density at radius 3 is 2.50 bits per heavy atom. The predicted molar refractivity (Wildman–Crippen MR) is 82.8 cm³/mol. The number of rotatable bonds is 5. The summed E-state index contributed by atoms with van der Waals surface area (Å²) < 4.78 is 5.41. The molecule has 0 bridgehead atoms. The van der Waals surface area contributed by atoms with Gasteiger partial charge < -0.3 is 4.74 Å². The van der Waals surface area contributed by atoms with Gasteiger partial charge in [-0.3, -0.25) is 0 Å². The van der Waals surface area contributed by atoms with E-state index in [2.05, 4.69) is 61.8 Å². The zero-order chi connectivity index (χ0) is 13.8. The summed E-state index contributed by atoms with van der Waals surface area (Å²) in [6.07, 6.45) is 3.47. The van der Waals surface area contributed by atoms with Crippen LogP contribution in [0.25, 0.3) is 0 Å². The minimum Gasteiger partial charge on any atom is -0.496 e. The molecule has 0 saturated heterocycles. The maximum atomic E-state index is 5.41. The minimum absolute atomic E-state index is 0.330. The molecule has 0 spiro atoms. The lowest BCUT2D eigenvalue weighted by atomic mass is 9.89. The maximum Gasteiger partial charge on any atom is 0.122 e. The van der Waals surface area contributed by atoms with Crippen LogP contribution in [0.15, 0.2) is 18.2 Å². The Hall–Kier alpha value is -0.500. The first-order chi connectivity index (χ1) is 8.34. The summed E-state index contributed by atoms with van der Waals surface area (Å²) in [5.74, 6) is 1.02. The van der Waals surface area contributed by atoms with Crippen molar-refractivity contribution < 1.29 is 4.74 Å². The minimum atomic E-state index is 0.330. The Morgan fingerprint density at radius 2 is 1.94 bits per heavy atom. The highest BCUT2D eigenvalue weighted by atomic mass is 79.9. The third-order valence-corrected chi connectivity index (χ3v) is 5.11. The molecular formula is C16H25BrO. The van der Waals surface area contributed by atoms with Crippen LogP contribution in [0, 0.1) is 12.3 Å². The van der Waals surface area contributed by atoms with Crippen molar-refractivity contribution >= 4 is 15.9 Å². The number of benzene rings is 1. The molecule has 0 aliphatic heterocycles. The molecule has 0 fully saturated rings. The van der Waals surface area contributed by atoms with E-state index < -0.39 is 0 Å². The summed E-state index contributed by atoms with van der Waals surface area (Å²) in [5, 5.41) is 0. The van der Waals surface area contributed by atoms with Gasteiger partial charge in [-0.15, -0.1) is 0 Å². The largest absolute Gasteiger partial charge is 0.496 e. The summed E-state index contributed by atoms with van der Waals surface area (Å²) in [6.45, 7) is 8.96. The molecule has 0 aliphatic rings. The standard InChI is InChI=1S/C16H25BrO/c1-12-9-10-14(18-5)13(11-12)7-6-8-15(17)16(2,3)4/h9-11,15H,6-8H2,1-5H3. The Kier molecular flexibility index (Phi) is 5.71. The van der Waals surface area contributed by atoms with Crippen LogP contribution < -0.4 is 4.74 Å². The molecule has 18 heavy (non-hydrogen) atoms. The van der Waals surface area contributed by atoms with E-state index in [0.717, 1.165) is 12.2 Å². The van der Waals surface area contributed by atoms with Crippen LogP contribution in [0.2, 0.25) is 0 Å². The van der Waals surface area contributed by atoms with E-state index in [1.165, 1.54) is 24.0 Å². The zero-order valence-electron chi connectivity index (χ0n) is 12.2. The number of ether oxygens (including phenoxy) is 1. The van der Waals surface area contributed by atoms with Gasteiger partial charge in [0.15, 0.2) is 0 Å². The average molecular weight is 313 g/mol. The molecule has 0 aliphatic carbocycles. The van der Waals surface area contributed by atoms with E-state index in [1.807, 2.05) is 0 Å². The van der Waals surface area contributed by atoms with Gasteiger partial charge in [0, 0.05) is 4.83 Å². The van der Waals surface area contributed by atoms with Crippen LogP contribution in [0.5, 0.6) is 5.75 Å². The Bertz CT molecular complexity index is 379. The summed E-state index contributed by atoms with van der Waals surface area (Å²) in [7, 11) is 1.75. The number of hydrogen-bond donors (Lipinski definition) is 0. The van der Waals surface area contributed by atoms with Crippen LogP contribution in [0.4, 0.5) is 0 Å². The molecule has 0 saturated carbocycles. The fourth-order valence-corrected chi connectivity index (χ4v) is 2.33. The quantitative estimate of drug-likeness (QED) is 0.684. The Morgan fingerprint density at radius 1 is 1.28 bits per heavy atom. The van der Waals surface area contributed by atoms with Crippen LogP contribution in [0.1, 0.15) is 44.7 Å². The van der Waals surface area contributed by atoms with Crippen molar-refractivity contribution in [3.8, 4) is 5.75 Å². The topological polar surface area (TPSA) is 9.23 Å². The van der Waals surface area contributed by atoms with Gasteiger partial charge in [-0.25, -0.2) is 0 Å². The molecule has 1 unspecified atom stereocenters. The SMILES string of the molecule is COc1ccc(C)cc1CCCC(Br)C(C)(C)C. The fraction of sp³-hybridized carbons (Fsp3) is 0.625. The van der Waals surface area contributed by atoms with Gasteiger partial charge in [0.05, 0.1) is 7.11 Å². The maximum absolute atomic E-state index is 5.41. The van der Waals surface area contributed by atoms with Crippen LogP contribution in [0.3, 0.4) is 0 Å². The lowest BCUT2D eigenvalue weighted by molar-refractivity contribution is 0.378. The van der Waals surface area contributed by atoms with Gasteiger partial charge in [-0.05, 0) is 43.2 Å². The van der Waals surface area contributed by atoms with E-state index in [4.69, 9.17) is 4.74 Å². The van der Waals surface area contributed by atoms with Gasteiger partial charge in [0.25, 0.3) is 0 Å². The van der Waals surface area contributed by atoms with Crippen molar-refractivity contribution in [1.29, 1.82) is 0 Å². The van der Waals surface area contributed by atoms with Crippen molar-refractivity contribution in [2.45, 2.75) is 51.8 Å². The average Bonchev–Trinajstić information content (AvgIpc) is 2.28. The molecule has 1 aromatic carbocycles. The van der Waals surface area contributed by atoms with Gasteiger partial charge in [0.2, 0.25) is 0 Å². The molecule has 1 nitrogen and oxygen atoms in total. The molecule has 2 heteroatoms. The second-order valence-corrected chi connectivity index (χ2v) is 7.15. The molecule has 0 radical (unpaired) electrons. The van der Waals surface area contributed by atoms with Crippen molar-refractivity contribution in [1.82, 2.24) is 0 Å². The fourth-order valence-electron chi connectivity index (χ4n) is 2.01. The molecule has 0 heterocycles. The monoisotopic (exact) mass is 312 g/mol. The number of aryl methyl sites for hydroxylation is 2. The summed E-state index contributed by atoms with van der Waals surface area (Å²) >= 11 is 3.79. The smallest absolute Gasteiger partial charge is 0.122 e. The number of halogens is 1. The molecule has 0 aromatic heterocycles. The van der Waals surface area contributed by atoms with Gasteiger partial charge >= 0.3 is 0 Å². The first-order valence-electron chi connectivity index (χ1n) is 6.62. The molecule has 0 amide bonds. The molecule has 1 rings (SSSR count). The molecule has 102 valence electrons. The molecule has 0 N–H and O–H groups in total. The summed E-state index contributed by atoms with van der Waals surface area (Å²) in [4.78, 5) is 0.570. The predicted octanol–water partition coefficient (Wildman–Crippen LogP) is 5.14. The van der Waals surface area contributed by atoms with Crippen LogP contribution in [-0.4, -0.2) is 11.9 Å². The van der Waals surface area contributed by atoms with Crippen molar-refractivity contribution in [3.63, 3.8) is 0 Å². The Balaban J connectivity index is 2.56. The van der Waals surface area contributed by atoms with E-state index in [-0.39, 0.29) is 0 Å². The summed E-state index contributed by atoms with van der Waals surface area (Å²) in [5.41, 5.74) is 2.96. The highest BCUT2D eigenvalue weighted by molar-refractivity contribution is 9.09. The third-order valence-electron chi connectivity index (χ3n) is 3.28. The van der Waals surface area contributed by atoms with Gasteiger partial charge in [-0.1, -0.05) is 54.4 Å². The van der Waals surface area contributed by atoms with Gasteiger partial charge in [0.1, 0.15) is 5.75 Å². The lowest BCUT2D eigenvalue weighted by Crippen LogP contribution is -2.20. The highest BCUT2D eigenvalue weighted by Crippen LogP contribution is 2.30. The summed E-state index contributed by atoms with van der Waals surface area (Å²) in [6, 6.07) is 6.41. The van der Waals surface area contributed by atoms with Crippen LogP contribution in [-0.2, 0) is 6.42 Å². The first kappa shape index (κ1) is 15.6. The van der Waals surface area contributed by atoms with E-state index >= 15 is 0 Å². The number of alkyl halides is 1. The molecule has 1 atom stereocenters. The second kappa shape index (κ2) is 6.60. The molecular weight excluding hydrogens is 288 g/mol.